The van der Waals surface area contributed by atoms with Crippen molar-refractivity contribution in [2.75, 3.05) is 25.1 Å². The third kappa shape index (κ3) is 4.21. The highest BCUT2D eigenvalue weighted by Gasteiger charge is 2.45. The zero-order valence-electron chi connectivity index (χ0n) is 18.6. The molecule has 174 valence electrons. The molecule has 1 fully saturated rings. The van der Waals surface area contributed by atoms with Gasteiger partial charge in [0.15, 0.2) is 0 Å². The number of ether oxygens (including phenoxy) is 1. The van der Waals surface area contributed by atoms with Crippen LogP contribution in [0.5, 0.6) is 5.75 Å². The van der Waals surface area contributed by atoms with Crippen molar-refractivity contribution in [3.8, 4) is 5.75 Å². The van der Waals surface area contributed by atoms with Gasteiger partial charge in [0.05, 0.1) is 23.9 Å². The highest BCUT2D eigenvalue weighted by molar-refractivity contribution is 6.45. The third-order valence-corrected chi connectivity index (χ3v) is 6.05. The molecule has 0 N–H and O–H groups in total. The Kier molecular flexibility index (Phi) is 5.95. The molecule has 0 radical (unpaired) electrons. The first-order valence-corrected chi connectivity index (χ1v) is 10.8. The second-order valence-electron chi connectivity index (χ2n) is 8.77. The molecule has 0 bridgehead atoms. The highest BCUT2D eigenvalue weighted by atomic mass is 19.4. The smallest absolute Gasteiger partial charge is 0.416 e. The summed E-state index contributed by atoms with van der Waals surface area (Å²) < 4.78 is 45.4. The minimum atomic E-state index is -4.60. The molecule has 0 aliphatic carbocycles. The maximum atomic E-state index is 13.7. The highest BCUT2D eigenvalue weighted by Crippen LogP contribution is 2.41. The van der Waals surface area contributed by atoms with Crippen LogP contribution in [-0.4, -0.2) is 36.9 Å². The summed E-state index contributed by atoms with van der Waals surface area (Å²) in [5.74, 6) is -0.280. The number of carbonyl (C=O) groups is 2. The lowest BCUT2D eigenvalue weighted by Gasteiger charge is -2.37. The number of nitrogens with zero attached hydrogens (tertiary/aromatic N) is 2. The van der Waals surface area contributed by atoms with Crippen LogP contribution in [0.15, 0.2) is 54.2 Å². The molecule has 2 aromatic carbocycles. The van der Waals surface area contributed by atoms with Crippen LogP contribution < -0.4 is 9.64 Å². The number of methoxy groups -OCH3 is 1. The Morgan fingerprint density at radius 2 is 1.61 bits per heavy atom. The summed E-state index contributed by atoms with van der Waals surface area (Å²) in [6, 6.07) is 11.1. The van der Waals surface area contributed by atoms with Crippen molar-refractivity contribution in [3.05, 3.63) is 65.4 Å². The van der Waals surface area contributed by atoms with Crippen molar-refractivity contribution in [3.63, 3.8) is 0 Å². The number of rotatable bonds is 4. The van der Waals surface area contributed by atoms with E-state index in [4.69, 9.17) is 4.74 Å². The Bertz CT molecular complexity index is 1120. The summed E-state index contributed by atoms with van der Waals surface area (Å²) in [6.45, 7) is 5.32. The monoisotopic (exact) mass is 458 g/mol. The largest absolute Gasteiger partial charge is 0.496 e. The minimum Gasteiger partial charge on any atom is -0.496 e. The SMILES string of the molecule is COc1ccccc1C1=C(N2CC(C)CC(C)C2)C(=O)N(c2cccc(C(F)(F)F)c2)C1=O. The summed E-state index contributed by atoms with van der Waals surface area (Å²) >= 11 is 0. The van der Waals surface area contributed by atoms with Crippen LogP contribution in [0.25, 0.3) is 5.57 Å². The number of amides is 2. The van der Waals surface area contributed by atoms with Crippen molar-refractivity contribution in [1.82, 2.24) is 4.90 Å². The van der Waals surface area contributed by atoms with Gasteiger partial charge in [-0.05, 0) is 42.5 Å². The van der Waals surface area contributed by atoms with E-state index >= 15 is 0 Å². The van der Waals surface area contributed by atoms with Gasteiger partial charge < -0.3 is 9.64 Å². The van der Waals surface area contributed by atoms with Crippen LogP contribution in [0, 0.1) is 11.8 Å². The van der Waals surface area contributed by atoms with Crippen LogP contribution >= 0.6 is 0 Å². The van der Waals surface area contributed by atoms with Crippen LogP contribution in [0.4, 0.5) is 18.9 Å². The Balaban J connectivity index is 1.87. The number of benzene rings is 2. The van der Waals surface area contributed by atoms with Gasteiger partial charge in [-0.25, -0.2) is 4.90 Å². The summed E-state index contributed by atoms with van der Waals surface area (Å²) in [6.07, 6.45) is -3.60. The number of imide groups is 1. The second kappa shape index (κ2) is 8.57. The fourth-order valence-corrected chi connectivity index (χ4v) is 4.81. The molecule has 2 aliphatic rings. The van der Waals surface area contributed by atoms with Gasteiger partial charge in [-0.2, -0.15) is 13.2 Å². The fraction of sp³-hybridized carbons (Fsp3) is 0.360. The first kappa shape index (κ1) is 22.9. The zero-order valence-corrected chi connectivity index (χ0v) is 18.6. The van der Waals surface area contributed by atoms with Gasteiger partial charge in [0.2, 0.25) is 0 Å². The molecule has 2 heterocycles. The molecule has 2 atom stereocenters. The first-order valence-electron chi connectivity index (χ1n) is 10.8. The maximum Gasteiger partial charge on any atom is 0.416 e. The molecular weight excluding hydrogens is 433 g/mol. The number of piperidine rings is 1. The minimum absolute atomic E-state index is 0.111. The van der Waals surface area contributed by atoms with Gasteiger partial charge in [-0.15, -0.1) is 0 Å². The van der Waals surface area contributed by atoms with Crippen LogP contribution in [0.2, 0.25) is 0 Å². The van der Waals surface area contributed by atoms with E-state index in [1.165, 1.54) is 19.2 Å². The average molecular weight is 458 g/mol. The van der Waals surface area contributed by atoms with Gasteiger partial charge >= 0.3 is 6.18 Å². The lowest BCUT2D eigenvalue weighted by Crippen LogP contribution is -2.42. The van der Waals surface area contributed by atoms with E-state index in [0.29, 0.717) is 36.2 Å². The normalized spacial score (nSPS) is 21.8. The van der Waals surface area contributed by atoms with Crippen molar-refractivity contribution in [1.29, 1.82) is 0 Å². The fourth-order valence-electron chi connectivity index (χ4n) is 4.81. The average Bonchev–Trinajstić information content (AvgIpc) is 3.02. The second-order valence-corrected chi connectivity index (χ2v) is 8.77. The van der Waals surface area contributed by atoms with Crippen molar-refractivity contribution < 1.29 is 27.5 Å². The van der Waals surface area contributed by atoms with Crippen molar-refractivity contribution >= 4 is 23.1 Å². The maximum absolute atomic E-state index is 13.7. The number of para-hydroxylation sites is 1. The standard InChI is InChI=1S/C25H25F3N2O3/c1-15-11-16(2)14-29(13-15)22-21(19-9-4-5-10-20(19)33-3)23(31)30(24(22)32)18-8-6-7-17(12-18)25(26,27)28/h4-10,12,15-16H,11,13-14H2,1-3H3. The summed E-state index contributed by atoms with van der Waals surface area (Å²) in [5, 5.41) is 0. The number of carbonyl (C=O) groups excluding carboxylic acids is 2. The van der Waals surface area contributed by atoms with Crippen LogP contribution in [-0.2, 0) is 15.8 Å². The predicted molar refractivity (Wildman–Crippen MR) is 118 cm³/mol. The van der Waals surface area contributed by atoms with E-state index in [0.717, 1.165) is 23.5 Å². The van der Waals surface area contributed by atoms with E-state index in [1.54, 1.807) is 24.3 Å². The van der Waals surface area contributed by atoms with Gasteiger partial charge in [0.1, 0.15) is 11.4 Å². The number of halogens is 3. The molecule has 1 saturated heterocycles. The lowest BCUT2D eigenvalue weighted by atomic mass is 9.91. The number of alkyl halides is 3. The molecule has 0 saturated carbocycles. The quantitative estimate of drug-likeness (QED) is 0.607. The molecule has 2 unspecified atom stereocenters. The van der Waals surface area contributed by atoms with Crippen LogP contribution in [0.3, 0.4) is 0 Å². The van der Waals surface area contributed by atoms with Crippen molar-refractivity contribution in [2.45, 2.75) is 26.4 Å². The van der Waals surface area contributed by atoms with Crippen molar-refractivity contribution in [2.24, 2.45) is 11.8 Å². The topological polar surface area (TPSA) is 49.9 Å². The molecule has 33 heavy (non-hydrogen) atoms. The van der Waals surface area contributed by atoms with Crippen LogP contribution in [0.1, 0.15) is 31.4 Å². The molecule has 0 spiro atoms. The molecule has 2 aromatic rings. The van der Waals surface area contributed by atoms with E-state index in [2.05, 4.69) is 13.8 Å². The number of hydrogen-bond acceptors (Lipinski definition) is 4. The molecule has 5 nitrogen and oxygen atoms in total. The molecule has 4 rings (SSSR count). The molecule has 2 aliphatic heterocycles. The van der Waals surface area contributed by atoms with Gasteiger partial charge in [-0.1, -0.05) is 38.1 Å². The Hall–Kier alpha value is -3.29. The number of hydrogen-bond donors (Lipinski definition) is 0. The van der Waals surface area contributed by atoms with Gasteiger partial charge in [0, 0.05) is 18.7 Å². The summed E-state index contributed by atoms with van der Waals surface area (Å²) in [4.78, 5) is 30.0. The van der Waals surface area contributed by atoms with E-state index in [-0.39, 0.29) is 17.0 Å². The molecule has 2 amide bonds. The van der Waals surface area contributed by atoms with E-state index in [9.17, 15) is 22.8 Å². The number of anilines is 1. The van der Waals surface area contributed by atoms with Gasteiger partial charge in [0.25, 0.3) is 11.8 Å². The van der Waals surface area contributed by atoms with E-state index < -0.39 is 23.6 Å². The molecule has 8 heteroatoms. The predicted octanol–water partition coefficient (Wildman–Crippen LogP) is 4.98. The Labute approximate surface area is 190 Å². The number of likely N-dealkylation sites (tertiary alicyclic amines) is 1. The van der Waals surface area contributed by atoms with Gasteiger partial charge in [-0.3, -0.25) is 9.59 Å². The first-order chi connectivity index (χ1) is 15.6. The van der Waals surface area contributed by atoms with E-state index in [1.807, 2.05) is 4.90 Å². The third-order valence-electron chi connectivity index (χ3n) is 6.05. The summed E-state index contributed by atoms with van der Waals surface area (Å²) in [7, 11) is 1.47. The lowest BCUT2D eigenvalue weighted by molar-refractivity contribution is -0.137. The zero-order chi connectivity index (χ0) is 23.9. The molecule has 0 aromatic heterocycles. The Morgan fingerprint density at radius 1 is 0.939 bits per heavy atom. The Morgan fingerprint density at radius 3 is 2.24 bits per heavy atom. The molecular formula is C25H25F3N2O3. The summed E-state index contributed by atoms with van der Waals surface area (Å²) in [5.41, 5.74) is -0.237.